The smallest absolute Gasteiger partial charge is 0.225 e. The van der Waals surface area contributed by atoms with E-state index in [-0.39, 0.29) is 10.8 Å². The molecule has 0 spiro atoms. The van der Waals surface area contributed by atoms with Gasteiger partial charge in [0, 0.05) is 5.02 Å². The molecule has 0 aliphatic carbocycles. The molecule has 0 saturated heterocycles. The van der Waals surface area contributed by atoms with Crippen LogP contribution in [0.5, 0.6) is 0 Å². The molecule has 5 heteroatoms. The molecule has 1 aromatic carbocycles. The van der Waals surface area contributed by atoms with Crippen molar-refractivity contribution in [3.05, 3.63) is 28.3 Å². The van der Waals surface area contributed by atoms with Gasteiger partial charge in [0.25, 0.3) is 0 Å². The summed E-state index contributed by atoms with van der Waals surface area (Å²) in [6.45, 7) is 6.30. The number of primary sulfonamides is 1. The Balaban J connectivity index is 3.27. The second-order valence-electron chi connectivity index (χ2n) is 5.60. The van der Waals surface area contributed by atoms with Gasteiger partial charge in [-0.25, -0.2) is 13.6 Å². The second kappa shape index (κ2) is 8.16. The van der Waals surface area contributed by atoms with E-state index in [2.05, 4.69) is 20.8 Å². The van der Waals surface area contributed by atoms with Crippen LogP contribution >= 0.6 is 11.6 Å². The minimum atomic E-state index is -3.72. The van der Waals surface area contributed by atoms with E-state index in [0.29, 0.717) is 11.4 Å². The minimum Gasteiger partial charge on any atom is -0.225 e. The molecule has 0 aromatic heterocycles. The average Bonchev–Trinajstić information content (AvgIpc) is 2.41. The Bertz CT molecular complexity index is 570. The third kappa shape index (κ3) is 4.97. The largest absolute Gasteiger partial charge is 0.238 e. The predicted octanol–water partition coefficient (Wildman–Crippen LogP) is 4.62. The minimum absolute atomic E-state index is 0.223. The standard InChI is InChI=1S/C16H26ClNO2S/c1-4-6-7-8-9-13-15(21(18,19)20)11-10-14(17)16(13)12(3)5-2/h10-12H,4-9H2,1-3H3,(H2,18,19,20). The number of halogens is 1. The lowest BCUT2D eigenvalue weighted by atomic mass is 9.91. The van der Waals surface area contributed by atoms with Crippen LogP contribution in [0, 0.1) is 0 Å². The van der Waals surface area contributed by atoms with Gasteiger partial charge in [0.1, 0.15) is 0 Å². The molecule has 1 rings (SSSR count). The number of unbranched alkanes of at least 4 members (excludes halogenated alkanes) is 3. The Morgan fingerprint density at radius 3 is 2.38 bits per heavy atom. The molecule has 1 atom stereocenters. The number of sulfonamides is 1. The fourth-order valence-electron chi connectivity index (χ4n) is 2.61. The van der Waals surface area contributed by atoms with E-state index < -0.39 is 10.0 Å². The van der Waals surface area contributed by atoms with E-state index in [4.69, 9.17) is 16.7 Å². The van der Waals surface area contributed by atoms with Gasteiger partial charge in [-0.15, -0.1) is 0 Å². The van der Waals surface area contributed by atoms with Crippen LogP contribution in [-0.2, 0) is 16.4 Å². The Morgan fingerprint density at radius 2 is 1.86 bits per heavy atom. The first-order valence-corrected chi connectivity index (χ1v) is 9.59. The van der Waals surface area contributed by atoms with Crippen molar-refractivity contribution in [1.29, 1.82) is 0 Å². The summed E-state index contributed by atoms with van der Waals surface area (Å²) >= 11 is 6.33. The van der Waals surface area contributed by atoms with E-state index in [1.165, 1.54) is 0 Å². The molecule has 3 nitrogen and oxygen atoms in total. The van der Waals surface area contributed by atoms with Crippen molar-refractivity contribution in [3.8, 4) is 0 Å². The predicted molar refractivity (Wildman–Crippen MR) is 89.4 cm³/mol. The molecule has 0 heterocycles. The first-order chi connectivity index (χ1) is 9.82. The van der Waals surface area contributed by atoms with Crippen molar-refractivity contribution < 1.29 is 8.42 Å². The van der Waals surface area contributed by atoms with Crippen molar-refractivity contribution in [3.63, 3.8) is 0 Å². The average molecular weight is 332 g/mol. The quantitative estimate of drug-likeness (QED) is 0.706. The van der Waals surface area contributed by atoms with E-state index in [1.807, 2.05) is 0 Å². The molecule has 1 aromatic rings. The van der Waals surface area contributed by atoms with Crippen LogP contribution in [0.1, 0.15) is 69.9 Å². The highest BCUT2D eigenvalue weighted by atomic mass is 35.5. The van der Waals surface area contributed by atoms with Crippen LogP contribution in [0.25, 0.3) is 0 Å². The number of hydrogen-bond acceptors (Lipinski definition) is 2. The highest BCUT2D eigenvalue weighted by molar-refractivity contribution is 7.89. The highest BCUT2D eigenvalue weighted by Gasteiger charge is 2.21. The Hall–Kier alpha value is -0.580. The van der Waals surface area contributed by atoms with Crippen molar-refractivity contribution in [2.45, 2.75) is 70.1 Å². The van der Waals surface area contributed by atoms with Crippen LogP contribution < -0.4 is 5.14 Å². The first-order valence-electron chi connectivity index (χ1n) is 7.66. The van der Waals surface area contributed by atoms with Gasteiger partial charge in [-0.1, -0.05) is 51.6 Å². The van der Waals surface area contributed by atoms with Gasteiger partial charge in [0.15, 0.2) is 0 Å². The zero-order valence-electron chi connectivity index (χ0n) is 13.2. The summed E-state index contributed by atoms with van der Waals surface area (Å²) in [6.07, 6.45) is 5.98. The summed E-state index contributed by atoms with van der Waals surface area (Å²) in [5.41, 5.74) is 1.76. The van der Waals surface area contributed by atoms with Crippen LogP contribution in [-0.4, -0.2) is 8.42 Å². The summed E-state index contributed by atoms with van der Waals surface area (Å²) in [6, 6.07) is 3.19. The van der Waals surface area contributed by atoms with E-state index in [1.54, 1.807) is 12.1 Å². The summed E-state index contributed by atoms with van der Waals surface area (Å²) in [5.74, 6) is 0.223. The molecule has 0 bridgehead atoms. The monoisotopic (exact) mass is 331 g/mol. The Labute approximate surface area is 133 Å². The third-order valence-electron chi connectivity index (χ3n) is 3.95. The fourth-order valence-corrected chi connectivity index (χ4v) is 3.78. The van der Waals surface area contributed by atoms with E-state index in [0.717, 1.165) is 43.2 Å². The zero-order chi connectivity index (χ0) is 16.0. The van der Waals surface area contributed by atoms with Crippen LogP contribution in [0.4, 0.5) is 0 Å². The molecule has 0 radical (unpaired) electrons. The van der Waals surface area contributed by atoms with Gasteiger partial charge >= 0.3 is 0 Å². The van der Waals surface area contributed by atoms with Gasteiger partial charge in [-0.2, -0.15) is 0 Å². The molecule has 0 aliphatic rings. The summed E-state index contributed by atoms with van der Waals surface area (Å²) in [4.78, 5) is 0.235. The van der Waals surface area contributed by atoms with Gasteiger partial charge < -0.3 is 0 Å². The molecule has 21 heavy (non-hydrogen) atoms. The van der Waals surface area contributed by atoms with Crippen molar-refractivity contribution in [1.82, 2.24) is 0 Å². The van der Waals surface area contributed by atoms with Crippen molar-refractivity contribution >= 4 is 21.6 Å². The number of hydrogen-bond donors (Lipinski definition) is 1. The molecular weight excluding hydrogens is 306 g/mol. The Morgan fingerprint density at radius 1 is 1.19 bits per heavy atom. The normalized spacial score (nSPS) is 13.4. The molecular formula is C16H26ClNO2S. The summed E-state index contributed by atoms with van der Waals surface area (Å²) < 4.78 is 23.7. The molecule has 0 saturated carbocycles. The SMILES string of the molecule is CCCCCCc1c(S(N)(=O)=O)ccc(Cl)c1C(C)CC. The van der Waals surface area contributed by atoms with Crippen LogP contribution in [0.3, 0.4) is 0 Å². The molecule has 120 valence electrons. The van der Waals surface area contributed by atoms with Gasteiger partial charge in [0.2, 0.25) is 10.0 Å². The van der Waals surface area contributed by atoms with E-state index >= 15 is 0 Å². The maximum Gasteiger partial charge on any atom is 0.238 e. The third-order valence-corrected chi connectivity index (χ3v) is 5.28. The van der Waals surface area contributed by atoms with Crippen molar-refractivity contribution in [2.24, 2.45) is 5.14 Å². The summed E-state index contributed by atoms with van der Waals surface area (Å²) in [7, 11) is -3.72. The lowest BCUT2D eigenvalue weighted by Gasteiger charge is -2.19. The maximum absolute atomic E-state index is 11.9. The second-order valence-corrected chi connectivity index (χ2v) is 7.54. The summed E-state index contributed by atoms with van der Waals surface area (Å²) in [5, 5.41) is 6.02. The van der Waals surface area contributed by atoms with Gasteiger partial charge in [-0.3, -0.25) is 0 Å². The topological polar surface area (TPSA) is 60.2 Å². The number of benzene rings is 1. The zero-order valence-corrected chi connectivity index (χ0v) is 14.7. The number of rotatable bonds is 8. The first kappa shape index (κ1) is 18.5. The molecule has 0 aliphatic heterocycles. The lowest BCUT2D eigenvalue weighted by molar-refractivity contribution is 0.593. The number of nitrogens with two attached hydrogens (primary N) is 1. The van der Waals surface area contributed by atoms with Gasteiger partial charge in [-0.05, 0) is 48.4 Å². The molecule has 1 unspecified atom stereocenters. The van der Waals surface area contributed by atoms with Crippen LogP contribution in [0.15, 0.2) is 17.0 Å². The fraction of sp³-hybridized carbons (Fsp3) is 0.625. The van der Waals surface area contributed by atoms with Gasteiger partial charge in [0.05, 0.1) is 4.90 Å². The lowest BCUT2D eigenvalue weighted by Crippen LogP contribution is -2.16. The molecule has 0 amide bonds. The van der Waals surface area contributed by atoms with Crippen molar-refractivity contribution in [2.75, 3.05) is 0 Å². The molecule has 2 N–H and O–H groups in total. The van der Waals surface area contributed by atoms with E-state index in [9.17, 15) is 8.42 Å². The Kier molecular flexibility index (Phi) is 7.17. The molecule has 0 fully saturated rings. The highest BCUT2D eigenvalue weighted by Crippen LogP contribution is 2.34. The maximum atomic E-state index is 11.9. The van der Waals surface area contributed by atoms with Crippen LogP contribution in [0.2, 0.25) is 5.02 Å².